The summed E-state index contributed by atoms with van der Waals surface area (Å²) in [6, 6.07) is 9.09. The Bertz CT molecular complexity index is 1190. The number of nitrogens with zero attached hydrogens (tertiary/aromatic N) is 2. The van der Waals surface area contributed by atoms with E-state index in [0.29, 0.717) is 16.5 Å². The van der Waals surface area contributed by atoms with Crippen molar-refractivity contribution in [3.05, 3.63) is 70.1 Å². The summed E-state index contributed by atoms with van der Waals surface area (Å²) in [5, 5.41) is 3.25. The van der Waals surface area contributed by atoms with E-state index in [-0.39, 0.29) is 27.9 Å². The third kappa shape index (κ3) is 3.99. The molecule has 7 nitrogen and oxygen atoms in total. The number of nitrogen functional groups attached to an aromatic ring is 1. The molecule has 152 valence electrons. The molecule has 0 bridgehead atoms. The predicted molar refractivity (Wildman–Crippen MR) is 112 cm³/mol. The largest absolute Gasteiger partial charge is 0.383 e. The molecule has 0 saturated carbocycles. The zero-order chi connectivity index (χ0) is 21.3. The van der Waals surface area contributed by atoms with Gasteiger partial charge in [0.2, 0.25) is 9.84 Å². The maximum absolute atomic E-state index is 13.0. The molecule has 1 amide bonds. The van der Waals surface area contributed by atoms with E-state index in [9.17, 15) is 13.2 Å². The van der Waals surface area contributed by atoms with Gasteiger partial charge in [0.05, 0.1) is 9.79 Å². The molecule has 29 heavy (non-hydrogen) atoms. The Labute approximate surface area is 174 Å². The van der Waals surface area contributed by atoms with Crippen LogP contribution in [0.15, 0.2) is 52.4 Å². The summed E-state index contributed by atoms with van der Waals surface area (Å²) in [4.78, 5) is 16.9. The molecule has 0 aliphatic carbocycles. The highest BCUT2D eigenvalue weighted by Gasteiger charge is 2.26. The number of anilines is 1. The average Bonchev–Trinajstić information content (AvgIpc) is 2.99. The van der Waals surface area contributed by atoms with Crippen molar-refractivity contribution in [1.29, 1.82) is 0 Å². The average molecular weight is 433 g/mol. The van der Waals surface area contributed by atoms with Crippen LogP contribution >= 0.6 is 11.6 Å². The third-order valence-corrected chi connectivity index (χ3v) is 7.07. The number of amides is 1. The Balaban J connectivity index is 1.89. The highest BCUT2D eigenvalue weighted by Crippen LogP contribution is 2.27. The lowest BCUT2D eigenvalue weighted by molar-refractivity contribution is 0.0942. The van der Waals surface area contributed by atoms with Crippen molar-refractivity contribution >= 4 is 33.2 Å². The van der Waals surface area contributed by atoms with E-state index in [4.69, 9.17) is 17.3 Å². The van der Waals surface area contributed by atoms with Crippen molar-refractivity contribution in [2.45, 2.75) is 30.2 Å². The summed E-state index contributed by atoms with van der Waals surface area (Å²) in [5.41, 5.74) is 8.14. The molecule has 0 saturated heterocycles. The fourth-order valence-electron chi connectivity index (χ4n) is 2.95. The molecule has 3 rings (SSSR count). The Morgan fingerprint density at radius 3 is 2.52 bits per heavy atom. The molecule has 2 heterocycles. The van der Waals surface area contributed by atoms with Gasteiger partial charge in [-0.15, -0.1) is 0 Å². The monoisotopic (exact) mass is 432 g/mol. The lowest BCUT2D eigenvalue weighted by atomic mass is 10.1. The highest BCUT2D eigenvalue weighted by atomic mass is 35.5. The number of pyridine rings is 1. The molecule has 0 aliphatic heterocycles. The van der Waals surface area contributed by atoms with E-state index in [1.54, 1.807) is 30.8 Å². The van der Waals surface area contributed by atoms with Crippen molar-refractivity contribution in [3.63, 3.8) is 0 Å². The van der Waals surface area contributed by atoms with Crippen molar-refractivity contribution in [1.82, 2.24) is 14.9 Å². The number of halogens is 1. The molecule has 0 unspecified atom stereocenters. The maximum atomic E-state index is 13.0. The van der Waals surface area contributed by atoms with Gasteiger partial charge in [-0.05, 0) is 61.4 Å². The van der Waals surface area contributed by atoms with Gasteiger partial charge in [0.15, 0.2) is 0 Å². The number of aromatic nitrogens is 2. The summed E-state index contributed by atoms with van der Waals surface area (Å²) in [6.07, 6.45) is 1.58. The highest BCUT2D eigenvalue weighted by molar-refractivity contribution is 7.91. The van der Waals surface area contributed by atoms with Crippen LogP contribution in [0.1, 0.15) is 27.3 Å². The van der Waals surface area contributed by atoms with Crippen molar-refractivity contribution in [2.75, 3.05) is 5.73 Å². The molecular weight excluding hydrogens is 412 g/mol. The van der Waals surface area contributed by atoms with Crippen LogP contribution in [-0.4, -0.2) is 23.9 Å². The first-order valence-electron chi connectivity index (χ1n) is 8.78. The van der Waals surface area contributed by atoms with E-state index in [0.717, 1.165) is 11.1 Å². The quantitative estimate of drug-likeness (QED) is 0.644. The molecule has 3 aromatic rings. The predicted octanol–water partition coefficient (Wildman–Crippen LogP) is 3.04. The van der Waals surface area contributed by atoms with Crippen LogP contribution in [-0.2, 0) is 23.4 Å². The minimum Gasteiger partial charge on any atom is -0.383 e. The van der Waals surface area contributed by atoms with Crippen LogP contribution in [0, 0.1) is 13.8 Å². The Morgan fingerprint density at radius 1 is 1.21 bits per heavy atom. The SMILES string of the molecule is Cc1c(CNC(=O)c2cc(S(=O)(=O)c3ccc(Cl)cc3)c(C)n2C)ccnc1N. The number of hydrogen-bond donors (Lipinski definition) is 2. The third-order valence-electron chi connectivity index (χ3n) is 4.93. The van der Waals surface area contributed by atoms with Crippen LogP contribution in [0.4, 0.5) is 5.82 Å². The number of carbonyl (C=O) groups is 1. The van der Waals surface area contributed by atoms with Gasteiger partial charge in [0, 0.05) is 30.5 Å². The van der Waals surface area contributed by atoms with E-state index in [2.05, 4.69) is 10.3 Å². The Hall–Kier alpha value is -2.84. The molecule has 0 aliphatic rings. The number of carbonyl (C=O) groups excluding carboxylic acids is 1. The molecule has 0 fully saturated rings. The summed E-state index contributed by atoms with van der Waals surface area (Å²) in [7, 11) is -2.13. The second-order valence-corrected chi connectivity index (χ2v) is 9.01. The van der Waals surface area contributed by atoms with Crippen LogP contribution in [0.3, 0.4) is 0 Å². The summed E-state index contributed by atoms with van der Waals surface area (Å²) in [6.45, 7) is 3.74. The van der Waals surface area contributed by atoms with Crippen LogP contribution in [0.5, 0.6) is 0 Å². The normalized spacial score (nSPS) is 11.4. The van der Waals surface area contributed by atoms with E-state index in [1.807, 2.05) is 6.92 Å². The van der Waals surface area contributed by atoms with Crippen LogP contribution in [0.2, 0.25) is 5.02 Å². The van der Waals surface area contributed by atoms with Crippen LogP contribution in [0.25, 0.3) is 0 Å². The number of nitrogens with two attached hydrogens (primary N) is 1. The van der Waals surface area contributed by atoms with Crippen molar-refractivity contribution in [2.24, 2.45) is 7.05 Å². The molecule has 9 heteroatoms. The van der Waals surface area contributed by atoms with E-state index >= 15 is 0 Å². The Morgan fingerprint density at radius 2 is 1.86 bits per heavy atom. The van der Waals surface area contributed by atoms with Gasteiger partial charge in [-0.25, -0.2) is 13.4 Å². The number of sulfone groups is 1. The molecule has 0 radical (unpaired) electrons. The summed E-state index contributed by atoms with van der Waals surface area (Å²) >= 11 is 5.85. The smallest absolute Gasteiger partial charge is 0.268 e. The van der Waals surface area contributed by atoms with Gasteiger partial charge in [0.25, 0.3) is 5.91 Å². The fraction of sp³-hybridized carbons (Fsp3) is 0.200. The Kier molecular flexibility index (Phi) is 5.68. The maximum Gasteiger partial charge on any atom is 0.268 e. The van der Waals surface area contributed by atoms with E-state index in [1.165, 1.54) is 30.3 Å². The van der Waals surface area contributed by atoms with Gasteiger partial charge in [-0.2, -0.15) is 0 Å². The summed E-state index contributed by atoms with van der Waals surface area (Å²) < 4.78 is 27.6. The topological polar surface area (TPSA) is 107 Å². The molecule has 2 aromatic heterocycles. The lowest BCUT2D eigenvalue weighted by Gasteiger charge is -2.10. The molecule has 0 spiro atoms. The molecule has 3 N–H and O–H groups in total. The fourth-order valence-corrected chi connectivity index (χ4v) is 4.62. The first kappa shape index (κ1) is 20.9. The van der Waals surface area contributed by atoms with Crippen molar-refractivity contribution < 1.29 is 13.2 Å². The van der Waals surface area contributed by atoms with Gasteiger partial charge in [0.1, 0.15) is 11.5 Å². The minimum atomic E-state index is -3.79. The number of benzene rings is 1. The van der Waals surface area contributed by atoms with Gasteiger partial charge in [-0.3, -0.25) is 4.79 Å². The minimum absolute atomic E-state index is 0.0804. The second kappa shape index (κ2) is 7.88. The van der Waals surface area contributed by atoms with Crippen LogP contribution < -0.4 is 11.1 Å². The standard InChI is InChI=1S/C20H21ClN4O3S/c1-12-14(8-9-23-19(12)22)11-24-20(26)17-10-18(13(2)25(17)3)29(27,28)16-6-4-15(21)5-7-16/h4-10H,11H2,1-3H3,(H2,22,23)(H,24,26). The van der Waals surface area contributed by atoms with Gasteiger partial charge < -0.3 is 15.6 Å². The zero-order valence-corrected chi connectivity index (χ0v) is 17.8. The number of rotatable bonds is 5. The van der Waals surface area contributed by atoms with Gasteiger partial charge >= 0.3 is 0 Å². The molecular formula is C20H21ClN4O3S. The number of nitrogens with one attached hydrogen (secondary N) is 1. The molecule has 1 aromatic carbocycles. The first-order chi connectivity index (χ1) is 13.6. The van der Waals surface area contributed by atoms with Gasteiger partial charge in [-0.1, -0.05) is 11.6 Å². The van der Waals surface area contributed by atoms with Crippen molar-refractivity contribution in [3.8, 4) is 0 Å². The lowest BCUT2D eigenvalue weighted by Crippen LogP contribution is -2.25. The zero-order valence-electron chi connectivity index (χ0n) is 16.2. The second-order valence-electron chi connectivity index (χ2n) is 6.66. The first-order valence-corrected chi connectivity index (χ1v) is 10.6. The van der Waals surface area contributed by atoms with E-state index < -0.39 is 9.84 Å². The molecule has 0 atom stereocenters. The summed E-state index contributed by atoms with van der Waals surface area (Å²) in [5.74, 6) is 0.0192. The number of hydrogen-bond acceptors (Lipinski definition) is 5.